The summed E-state index contributed by atoms with van der Waals surface area (Å²) < 4.78 is 21.2. The third kappa shape index (κ3) is 6.43. The van der Waals surface area contributed by atoms with Gasteiger partial charge < -0.3 is 29.0 Å². The Hall–Kier alpha value is -2.76. The minimum Gasteiger partial charge on any atom is -0.493 e. The number of aliphatic hydroxyl groups is 1. The van der Waals surface area contributed by atoms with Crippen LogP contribution in [0.1, 0.15) is 5.82 Å². The lowest BCUT2D eigenvalue weighted by atomic mass is 10.1. The molecule has 0 aliphatic heterocycles. The van der Waals surface area contributed by atoms with Gasteiger partial charge in [0.05, 0.1) is 52.1 Å². The van der Waals surface area contributed by atoms with Crippen molar-refractivity contribution >= 4 is 21.6 Å². The molecule has 0 spiro atoms. The second-order valence-electron chi connectivity index (χ2n) is 7.62. The van der Waals surface area contributed by atoms with Gasteiger partial charge in [0, 0.05) is 31.1 Å². The van der Waals surface area contributed by atoms with E-state index in [9.17, 15) is 9.90 Å². The van der Waals surface area contributed by atoms with Gasteiger partial charge in [-0.1, -0.05) is 12.1 Å². The van der Waals surface area contributed by atoms with E-state index in [-0.39, 0.29) is 12.2 Å². The summed E-state index contributed by atoms with van der Waals surface area (Å²) in [5.41, 5.74) is 1.41. The van der Waals surface area contributed by atoms with Crippen molar-refractivity contribution < 1.29 is 24.1 Å². The van der Waals surface area contributed by atoms with Crippen molar-refractivity contribution in [3.63, 3.8) is 0 Å². The summed E-state index contributed by atoms with van der Waals surface area (Å²) in [5.74, 6) is 1.73. The molecule has 184 valence electrons. The number of nitrogens with one attached hydrogen (secondary N) is 1. The molecule has 2 heterocycles. The number of thiophene rings is 1. The minimum atomic E-state index is -0.689. The molecular formula is C24H31N3O6S. The highest BCUT2D eigenvalue weighted by atomic mass is 32.1. The molecule has 2 aromatic heterocycles. The maximum Gasteiger partial charge on any atom is 0.260 e. The molecule has 0 fully saturated rings. The van der Waals surface area contributed by atoms with Crippen molar-refractivity contribution in [3.05, 3.63) is 52.4 Å². The van der Waals surface area contributed by atoms with Crippen LogP contribution in [0.5, 0.6) is 11.5 Å². The highest BCUT2D eigenvalue weighted by Crippen LogP contribution is 2.36. The van der Waals surface area contributed by atoms with Crippen LogP contribution in [0, 0.1) is 0 Å². The number of H-pyrrole nitrogens is 1. The smallest absolute Gasteiger partial charge is 0.260 e. The number of aromatic nitrogens is 2. The number of aliphatic hydroxyl groups excluding tert-OH is 1. The zero-order valence-electron chi connectivity index (χ0n) is 19.7. The molecule has 34 heavy (non-hydrogen) atoms. The minimum absolute atomic E-state index is 0.193. The van der Waals surface area contributed by atoms with E-state index in [0.29, 0.717) is 60.4 Å². The predicted molar refractivity (Wildman–Crippen MR) is 133 cm³/mol. The van der Waals surface area contributed by atoms with Gasteiger partial charge >= 0.3 is 0 Å². The lowest BCUT2D eigenvalue weighted by Gasteiger charge is -2.24. The zero-order chi connectivity index (χ0) is 24.5. The average molecular weight is 490 g/mol. The van der Waals surface area contributed by atoms with Crippen molar-refractivity contribution in [2.45, 2.75) is 12.6 Å². The first-order valence-electron chi connectivity index (χ1n) is 10.8. The predicted octanol–water partition coefficient (Wildman–Crippen LogP) is 2.68. The van der Waals surface area contributed by atoms with Crippen LogP contribution in [0.3, 0.4) is 0 Å². The fourth-order valence-electron chi connectivity index (χ4n) is 3.59. The number of hydrogen-bond donors (Lipinski definition) is 2. The normalized spacial score (nSPS) is 12.3. The van der Waals surface area contributed by atoms with Crippen LogP contribution in [0.4, 0.5) is 0 Å². The monoisotopic (exact) mass is 489 g/mol. The lowest BCUT2D eigenvalue weighted by molar-refractivity contribution is 0.0189. The Bertz CT molecular complexity index is 1150. The number of benzene rings is 1. The molecule has 0 saturated heterocycles. The molecule has 2 N–H and O–H groups in total. The van der Waals surface area contributed by atoms with Crippen molar-refractivity contribution in [3.8, 4) is 22.6 Å². The van der Waals surface area contributed by atoms with E-state index in [0.717, 1.165) is 11.1 Å². The summed E-state index contributed by atoms with van der Waals surface area (Å²) in [5, 5.41) is 12.8. The van der Waals surface area contributed by atoms with Crippen LogP contribution in [0.2, 0.25) is 0 Å². The summed E-state index contributed by atoms with van der Waals surface area (Å²) in [4.78, 5) is 23.3. The number of hydrogen-bond acceptors (Lipinski definition) is 9. The summed E-state index contributed by atoms with van der Waals surface area (Å²) in [6.07, 6.45) is 0.946. The topological polar surface area (TPSA) is 106 Å². The number of methoxy groups -OCH3 is 3. The van der Waals surface area contributed by atoms with Crippen LogP contribution in [0.25, 0.3) is 21.3 Å². The Morgan fingerprint density at radius 2 is 2.06 bits per heavy atom. The molecule has 3 rings (SSSR count). The van der Waals surface area contributed by atoms with Crippen LogP contribution >= 0.6 is 11.3 Å². The van der Waals surface area contributed by atoms with Crippen LogP contribution in [0.15, 0.2) is 41.0 Å². The second kappa shape index (κ2) is 12.6. The highest BCUT2D eigenvalue weighted by Gasteiger charge is 2.18. The quantitative estimate of drug-likeness (QED) is 0.263. The Balaban J connectivity index is 1.84. The largest absolute Gasteiger partial charge is 0.493 e. The van der Waals surface area contributed by atoms with Crippen LogP contribution < -0.4 is 15.0 Å². The summed E-state index contributed by atoms with van der Waals surface area (Å²) in [6.45, 7) is 5.93. The van der Waals surface area contributed by atoms with E-state index < -0.39 is 6.10 Å². The SMILES string of the molecule is C=CCOCC(O)CN(CCOC)Cc1nc2scc(-c3ccc(OC)c(OC)c3)c2c(=O)[nH]1. The Morgan fingerprint density at radius 3 is 2.76 bits per heavy atom. The fraction of sp³-hybridized carbons (Fsp3) is 0.417. The molecule has 3 aromatic rings. The second-order valence-corrected chi connectivity index (χ2v) is 8.48. The van der Waals surface area contributed by atoms with E-state index >= 15 is 0 Å². The first-order valence-corrected chi connectivity index (χ1v) is 11.7. The number of nitrogens with zero attached hydrogens (tertiary/aromatic N) is 2. The van der Waals surface area contributed by atoms with E-state index in [4.69, 9.17) is 18.9 Å². The number of rotatable bonds is 14. The molecule has 0 radical (unpaired) electrons. The number of fused-ring (bicyclic) bond motifs is 1. The third-order valence-corrected chi connectivity index (χ3v) is 6.06. The van der Waals surface area contributed by atoms with E-state index in [1.807, 2.05) is 28.5 Å². The molecule has 1 aromatic carbocycles. The van der Waals surface area contributed by atoms with Gasteiger partial charge in [-0.2, -0.15) is 0 Å². The average Bonchev–Trinajstić information content (AvgIpc) is 3.26. The number of ether oxygens (including phenoxy) is 4. The van der Waals surface area contributed by atoms with Gasteiger partial charge in [-0.15, -0.1) is 17.9 Å². The van der Waals surface area contributed by atoms with E-state index in [1.54, 1.807) is 27.4 Å². The summed E-state index contributed by atoms with van der Waals surface area (Å²) in [7, 11) is 4.78. The van der Waals surface area contributed by atoms with Gasteiger partial charge in [-0.25, -0.2) is 4.98 Å². The molecule has 0 aliphatic rings. The van der Waals surface area contributed by atoms with Gasteiger partial charge in [0.1, 0.15) is 10.7 Å². The molecule has 0 bridgehead atoms. The Kier molecular flexibility index (Phi) is 9.61. The van der Waals surface area contributed by atoms with Gasteiger partial charge in [0.2, 0.25) is 0 Å². The maximum atomic E-state index is 13.1. The molecule has 1 atom stereocenters. The van der Waals surface area contributed by atoms with Gasteiger partial charge in [0.25, 0.3) is 5.56 Å². The van der Waals surface area contributed by atoms with Gasteiger partial charge in [0.15, 0.2) is 11.5 Å². The molecule has 9 nitrogen and oxygen atoms in total. The molecule has 10 heteroatoms. The standard InChI is InChI=1S/C24H31N3O6S/c1-5-9-33-14-17(28)12-27(8-10-30-2)13-21-25-23(29)22-18(15-34-24(22)26-21)16-6-7-19(31-3)20(11-16)32-4/h5-7,11,15,17,28H,1,8-10,12-14H2,2-4H3,(H,25,26,29). The van der Waals surface area contributed by atoms with Crippen molar-refractivity contribution in [2.75, 3.05) is 54.2 Å². The highest BCUT2D eigenvalue weighted by molar-refractivity contribution is 7.17. The van der Waals surface area contributed by atoms with Crippen LogP contribution in [-0.4, -0.2) is 80.3 Å². The Labute approximate surface area is 202 Å². The maximum absolute atomic E-state index is 13.1. The van der Waals surface area contributed by atoms with Gasteiger partial charge in [-0.3, -0.25) is 9.69 Å². The van der Waals surface area contributed by atoms with Crippen LogP contribution in [-0.2, 0) is 16.0 Å². The summed E-state index contributed by atoms with van der Waals surface area (Å²) in [6, 6.07) is 5.54. The summed E-state index contributed by atoms with van der Waals surface area (Å²) >= 11 is 1.41. The zero-order valence-corrected chi connectivity index (χ0v) is 20.5. The fourth-order valence-corrected chi connectivity index (χ4v) is 4.56. The van der Waals surface area contributed by atoms with Crippen molar-refractivity contribution in [1.29, 1.82) is 0 Å². The third-order valence-electron chi connectivity index (χ3n) is 5.19. The molecule has 0 amide bonds. The first kappa shape index (κ1) is 25.9. The lowest BCUT2D eigenvalue weighted by Crippen LogP contribution is -2.37. The molecule has 0 aliphatic carbocycles. The van der Waals surface area contributed by atoms with Crippen molar-refractivity contribution in [1.82, 2.24) is 14.9 Å². The number of aromatic amines is 1. The van der Waals surface area contributed by atoms with Crippen molar-refractivity contribution in [2.24, 2.45) is 0 Å². The van der Waals surface area contributed by atoms with Gasteiger partial charge in [-0.05, 0) is 17.7 Å². The molecule has 1 unspecified atom stereocenters. The van der Waals surface area contributed by atoms with E-state index in [2.05, 4.69) is 16.5 Å². The van der Waals surface area contributed by atoms with E-state index in [1.165, 1.54) is 11.3 Å². The molecule has 0 saturated carbocycles. The first-order chi connectivity index (χ1) is 16.5. The Morgan fingerprint density at radius 1 is 1.26 bits per heavy atom. The molecular weight excluding hydrogens is 458 g/mol.